The highest BCUT2D eigenvalue weighted by Gasteiger charge is 2.25. The molecule has 400 valence electrons. The number of hydrogen-bond acceptors (Lipinski definition) is 4. The maximum absolute atomic E-state index is 13.2. The predicted molar refractivity (Wildman–Crippen MR) is 318 cm³/mol. The highest BCUT2D eigenvalue weighted by Crippen LogP contribution is 2.41. The van der Waals surface area contributed by atoms with Crippen LogP contribution in [0.25, 0.3) is 32.9 Å². The Morgan fingerprint density at radius 1 is 0.513 bits per heavy atom. The van der Waals surface area contributed by atoms with Crippen LogP contribution in [0.15, 0.2) is 164 Å². The molecule has 8 heteroatoms. The van der Waals surface area contributed by atoms with E-state index in [9.17, 15) is 9.59 Å². The van der Waals surface area contributed by atoms with Crippen molar-refractivity contribution in [2.45, 2.75) is 138 Å². The monoisotopic (exact) mass is 1040 g/mol. The quantitative estimate of drug-likeness (QED) is 0.127. The topological polar surface area (TPSA) is 102 Å². The van der Waals surface area contributed by atoms with Gasteiger partial charge in [0.15, 0.2) is 0 Å². The Labute approximate surface area is 461 Å². The van der Waals surface area contributed by atoms with Crippen molar-refractivity contribution >= 4 is 39.8 Å². The molecule has 7 aromatic carbocycles. The average Bonchev–Trinajstić information content (AvgIpc) is 4.28. The summed E-state index contributed by atoms with van der Waals surface area (Å²) in [7, 11) is 0. The molecule has 1 fully saturated rings. The molecule has 1 aliphatic rings. The minimum Gasteiger partial charge on any atom is -0.346 e. The molecule has 10 rings (SSSR count). The Kier molecular flexibility index (Phi) is 17.0. The van der Waals surface area contributed by atoms with E-state index in [4.69, 9.17) is 9.59 Å². The summed E-state index contributed by atoms with van der Waals surface area (Å²) in [6.07, 6.45) is 2.82. The number of fused-ring (bicyclic) bond motifs is 2. The molecule has 2 amide bonds. The molecule has 0 spiro atoms. The van der Waals surface area contributed by atoms with Gasteiger partial charge in [0, 0.05) is 57.4 Å². The molecule has 0 saturated heterocycles. The Morgan fingerprint density at radius 2 is 0.936 bits per heavy atom. The van der Waals surface area contributed by atoms with Crippen molar-refractivity contribution in [1.29, 1.82) is 0 Å². The van der Waals surface area contributed by atoms with E-state index >= 15 is 0 Å². The molecule has 78 heavy (non-hydrogen) atoms. The van der Waals surface area contributed by atoms with Gasteiger partial charge in [-0.2, -0.15) is 9.59 Å². The first-order valence-electron chi connectivity index (χ1n) is 27.4. The number of rotatable bonds is 12. The maximum Gasteiger partial charge on any atom is 0.373 e. The van der Waals surface area contributed by atoms with Gasteiger partial charge in [0.2, 0.25) is 0 Å². The molecule has 2 N–H and O–H groups in total. The molecule has 2 atom stereocenters. The van der Waals surface area contributed by atoms with E-state index < -0.39 is 0 Å². The van der Waals surface area contributed by atoms with Gasteiger partial charge in [-0.1, -0.05) is 169 Å². The van der Waals surface area contributed by atoms with Crippen molar-refractivity contribution in [3.05, 3.63) is 236 Å². The summed E-state index contributed by atoms with van der Waals surface area (Å²) in [4.78, 5) is 42.7. The standard InChI is InChI=1S/C36H38N2O.C33H38N2O.CO2/c1-24-26(3)38(23-27-12-14-30(15-13-27)29-10-8-7-9-11-29)34-21-18-31(22-33(24)34)35(39)37-25(2)28-16-19-32(20-17-28)36(4,5)6;1-21-23(3)35(20-24-10-15-29(16-11-24)33(4,5)6)31-17-14-28(19-30(21)31)32(36)34-22(2)26-8-7-9-27(18-26)25-12-13-25;2-1-3/h7-22,25H,23H2,1-6H3,(H,37,39);7-11,14-19,22,25H,12-13,20H2,1-6H3,(H,34,36);/t25-;22-;/m00./s1. The third-order valence-electron chi connectivity index (χ3n) is 15.8. The first kappa shape index (κ1) is 56.2. The van der Waals surface area contributed by atoms with Gasteiger partial charge in [-0.15, -0.1) is 0 Å². The summed E-state index contributed by atoms with van der Waals surface area (Å²) in [5, 5.41) is 8.68. The molecule has 2 heterocycles. The number of benzene rings is 7. The van der Waals surface area contributed by atoms with Crippen LogP contribution in [0.1, 0.15) is 168 Å². The smallest absolute Gasteiger partial charge is 0.346 e. The molecular formula is C70H76N4O4. The number of aromatic nitrogens is 2. The zero-order valence-electron chi connectivity index (χ0n) is 47.7. The summed E-state index contributed by atoms with van der Waals surface area (Å²) in [5.41, 5.74) is 20.2. The molecule has 2 aromatic heterocycles. The fourth-order valence-electron chi connectivity index (χ4n) is 10.4. The molecule has 0 unspecified atom stereocenters. The van der Waals surface area contributed by atoms with Crippen LogP contribution < -0.4 is 10.6 Å². The number of carbonyl (C=O) groups excluding carboxylic acids is 4. The van der Waals surface area contributed by atoms with Gasteiger partial charge in [-0.25, -0.2) is 0 Å². The normalized spacial score (nSPS) is 13.1. The lowest BCUT2D eigenvalue weighted by Crippen LogP contribution is -2.26. The summed E-state index contributed by atoms with van der Waals surface area (Å²) in [6.45, 7) is 27.7. The second-order valence-corrected chi connectivity index (χ2v) is 23.4. The number of aryl methyl sites for hydroxylation is 2. The number of nitrogens with zero attached hydrogens (tertiary/aromatic N) is 2. The van der Waals surface area contributed by atoms with E-state index in [1.54, 1.807) is 0 Å². The predicted octanol–water partition coefficient (Wildman–Crippen LogP) is 16.2. The Morgan fingerprint density at radius 3 is 1.38 bits per heavy atom. The summed E-state index contributed by atoms with van der Waals surface area (Å²) in [6, 6.07) is 57.6. The minimum absolute atomic E-state index is 0.0243. The van der Waals surface area contributed by atoms with Gasteiger partial charge < -0.3 is 19.8 Å². The van der Waals surface area contributed by atoms with Crippen LogP contribution in [-0.4, -0.2) is 27.1 Å². The minimum atomic E-state index is -0.0755. The first-order valence-corrected chi connectivity index (χ1v) is 27.4. The largest absolute Gasteiger partial charge is 0.373 e. The lowest BCUT2D eigenvalue weighted by Gasteiger charge is -2.20. The molecule has 1 aliphatic carbocycles. The molecule has 0 bridgehead atoms. The number of amides is 2. The Balaban J connectivity index is 0.000000197. The third-order valence-corrected chi connectivity index (χ3v) is 15.8. The number of nitrogens with one attached hydrogen (secondary N) is 2. The lowest BCUT2D eigenvalue weighted by atomic mass is 9.86. The zero-order valence-corrected chi connectivity index (χ0v) is 47.7. The first-order chi connectivity index (χ1) is 37.1. The Bertz CT molecular complexity index is 3600. The van der Waals surface area contributed by atoms with Crippen molar-refractivity contribution in [3.63, 3.8) is 0 Å². The van der Waals surface area contributed by atoms with Crippen molar-refractivity contribution in [2.24, 2.45) is 0 Å². The van der Waals surface area contributed by atoms with Crippen LogP contribution in [0, 0.1) is 27.7 Å². The molecule has 8 nitrogen and oxygen atoms in total. The summed E-state index contributed by atoms with van der Waals surface area (Å²) in [5.74, 6) is 0.635. The maximum atomic E-state index is 13.2. The number of hydrogen-bond donors (Lipinski definition) is 2. The van der Waals surface area contributed by atoms with Crippen LogP contribution in [0.5, 0.6) is 0 Å². The average molecular weight is 1040 g/mol. The highest BCUT2D eigenvalue weighted by molar-refractivity contribution is 6.00. The van der Waals surface area contributed by atoms with E-state index in [0.717, 1.165) is 34.9 Å². The second kappa shape index (κ2) is 23.7. The summed E-state index contributed by atoms with van der Waals surface area (Å²) < 4.78 is 4.72. The van der Waals surface area contributed by atoms with E-state index in [0.29, 0.717) is 17.0 Å². The van der Waals surface area contributed by atoms with Crippen LogP contribution in [0.2, 0.25) is 0 Å². The molecule has 0 radical (unpaired) electrons. The van der Waals surface area contributed by atoms with E-state index in [1.807, 2.05) is 31.2 Å². The van der Waals surface area contributed by atoms with Gasteiger partial charge in [-0.05, 0) is 169 Å². The van der Waals surface area contributed by atoms with Crippen LogP contribution in [0.3, 0.4) is 0 Å². The van der Waals surface area contributed by atoms with Crippen molar-refractivity contribution in [2.75, 3.05) is 0 Å². The lowest BCUT2D eigenvalue weighted by molar-refractivity contribution is -0.191. The summed E-state index contributed by atoms with van der Waals surface area (Å²) >= 11 is 0. The van der Waals surface area contributed by atoms with Gasteiger partial charge in [-0.3, -0.25) is 9.59 Å². The fourth-order valence-corrected chi connectivity index (χ4v) is 10.4. The van der Waals surface area contributed by atoms with Crippen molar-refractivity contribution in [1.82, 2.24) is 19.8 Å². The van der Waals surface area contributed by atoms with E-state index in [1.165, 1.54) is 85.4 Å². The van der Waals surface area contributed by atoms with Gasteiger partial charge in [0.25, 0.3) is 11.8 Å². The molecule has 9 aromatic rings. The van der Waals surface area contributed by atoms with Crippen LogP contribution >= 0.6 is 0 Å². The third kappa shape index (κ3) is 13.0. The van der Waals surface area contributed by atoms with Crippen molar-refractivity contribution < 1.29 is 19.2 Å². The van der Waals surface area contributed by atoms with Crippen LogP contribution in [-0.2, 0) is 33.5 Å². The molecule has 0 aliphatic heterocycles. The van der Waals surface area contributed by atoms with Gasteiger partial charge >= 0.3 is 6.15 Å². The van der Waals surface area contributed by atoms with Crippen molar-refractivity contribution in [3.8, 4) is 11.1 Å². The SMILES string of the molecule is Cc1c(C)n(Cc2ccc(-c3ccccc3)cc2)c2ccc(C(=O)N[C@@H](C)c3ccc(C(C)(C)C)cc3)cc12.Cc1c(C)n(Cc2ccc(C(C)(C)C)cc2)c2ccc(C(=O)N[C@@H](C)c3cccc(C4CC4)c3)cc12.O=C=O. The molecular weight excluding hydrogens is 961 g/mol. The fraction of sp³-hybridized carbons (Fsp3) is 0.300. The van der Waals surface area contributed by atoms with Crippen LogP contribution in [0.4, 0.5) is 0 Å². The van der Waals surface area contributed by atoms with Gasteiger partial charge in [0.1, 0.15) is 0 Å². The number of carbonyl (C=O) groups is 2. The highest BCUT2D eigenvalue weighted by atomic mass is 16.2. The van der Waals surface area contributed by atoms with Gasteiger partial charge in [0.05, 0.1) is 12.1 Å². The van der Waals surface area contributed by atoms with E-state index in [-0.39, 0.29) is 40.9 Å². The second-order valence-electron chi connectivity index (χ2n) is 23.4. The van der Waals surface area contributed by atoms with E-state index in [2.05, 4.69) is 235 Å². The Hall–Kier alpha value is -8.06. The zero-order chi connectivity index (χ0) is 56.1. The molecule has 1 saturated carbocycles.